The van der Waals surface area contributed by atoms with E-state index in [1.54, 1.807) is 22.6 Å². The van der Waals surface area contributed by atoms with Gasteiger partial charge in [0.1, 0.15) is 17.5 Å². The van der Waals surface area contributed by atoms with Gasteiger partial charge in [-0.3, -0.25) is 19.1 Å². The highest BCUT2D eigenvalue weighted by atomic mass is 16.5. The van der Waals surface area contributed by atoms with Gasteiger partial charge in [0.15, 0.2) is 0 Å². The molecule has 3 amide bonds. The first-order valence-electron chi connectivity index (χ1n) is 13.8. The average molecular weight is 547 g/mol. The Hall–Kier alpha value is -4.21. The summed E-state index contributed by atoms with van der Waals surface area (Å²) in [6.07, 6.45) is 3.42. The molecule has 1 aliphatic heterocycles. The van der Waals surface area contributed by atoms with Crippen molar-refractivity contribution in [2.45, 2.75) is 65.1 Å². The van der Waals surface area contributed by atoms with E-state index < -0.39 is 6.04 Å². The number of amides is 3. The molecule has 1 aromatic heterocycles. The van der Waals surface area contributed by atoms with Gasteiger partial charge < -0.3 is 20.3 Å². The van der Waals surface area contributed by atoms with E-state index >= 15 is 0 Å². The number of nitrogens with zero attached hydrogens (tertiary/aromatic N) is 4. The fourth-order valence-corrected chi connectivity index (χ4v) is 4.62. The van der Waals surface area contributed by atoms with E-state index in [4.69, 9.17) is 4.74 Å². The normalized spacial score (nSPS) is 18.2. The lowest BCUT2D eigenvalue weighted by Gasteiger charge is -2.24. The molecular formula is C30H38N6O4. The van der Waals surface area contributed by atoms with Crippen molar-refractivity contribution in [3.63, 3.8) is 0 Å². The largest absolute Gasteiger partial charge is 0.493 e. The number of fused-ring (bicyclic) bond motifs is 3. The number of aryl methyl sites for hydroxylation is 2. The summed E-state index contributed by atoms with van der Waals surface area (Å²) in [6, 6.07) is 14.6. The number of benzene rings is 2. The molecule has 10 heteroatoms. The predicted molar refractivity (Wildman–Crippen MR) is 151 cm³/mol. The highest BCUT2D eigenvalue weighted by molar-refractivity contribution is 5.99. The van der Waals surface area contributed by atoms with E-state index in [-0.39, 0.29) is 23.6 Å². The number of rotatable bonds is 3. The smallest absolute Gasteiger partial charge is 0.255 e. The van der Waals surface area contributed by atoms with Crippen molar-refractivity contribution in [1.29, 1.82) is 0 Å². The molecule has 0 radical (unpaired) electrons. The number of hydrogen-bond donors (Lipinski definition) is 2. The van der Waals surface area contributed by atoms with Gasteiger partial charge in [-0.05, 0) is 49.4 Å². The third-order valence-electron chi connectivity index (χ3n) is 6.96. The predicted octanol–water partition coefficient (Wildman–Crippen LogP) is 3.22. The van der Waals surface area contributed by atoms with Gasteiger partial charge in [0.25, 0.3) is 5.91 Å². The molecule has 0 spiro atoms. The van der Waals surface area contributed by atoms with Crippen LogP contribution in [0, 0.1) is 6.92 Å². The minimum absolute atomic E-state index is 0.0187. The number of nitrogens with one attached hydrogen (secondary N) is 2. The molecule has 3 aromatic rings. The van der Waals surface area contributed by atoms with Crippen LogP contribution in [0.2, 0.25) is 0 Å². The van der Waals surface area contributed by atoms with Gasteiger partial charge in [-0.1, -0.05) is 48.5 Å². The van der Waals surface area contributed by atoms with E-state index in [1.807, 2.05) is 62.5 Å². The summed E-state index contributed by atoms with van der Waals surface area (Å²) in [4.78, 5) is 40.8. The van der Waals surface area contributed by atoms with Crippen LogP contribution in [0.4, 0.5) is 0 Å². The zero-order valence-electron chi connectivity index (χ0n) is 23.4. The third kappa shape index (κ3) is 7.91. The van der Waals surface area contributed by atoms with Gasteiger partial charge in [-0.2, -0.15) is 0 Å². The van der Waals surface area contributed by atoms with E-state index in [0.717, 1.165) is 11.1 Å². The van der Waals surface area contributed by atoms with Crippen LogP contribution in [0.25, 0.3) is 0 Å². The lowest BCUT2D eigenvalue weighted by Crippen LogP contribution is -2.45. The van der Waals surface area contributed by atoms with Gasteiger partial charge in [-0.25, -0.2) is 0 Å². The minimum Gasteiger partial charge on any atom is -0.493 e. The molecule has 2 N–H and O–H groups in total. The number of aromatic nitrogens is 3. The summed E-state index contributed by atoms with van der Waals surface area (Å²) in [5.74, 6) is -0.106. The molecule has 212 valence electrons. The van der Waals surface area contributed by atoms with Crippen molar-refractivity contribution >= 4 is 17.7 Å². The molecule has 2 aromatic carbocycles. The Morgan fingerprint density at radius 1 is 1.12 bits per heavy atom. The molecule has 10 nitrogen and oxygen atoms in total. The SMILES string of the molecule is Cc1ccc2c(c1)OCCCn1cc(nn1)CN(C(=O)C[C@@H](C)c1ccccc1)CCCNC(=O)[C@@H](C)NC2=O. The van der Waals surface area contributed by atoms with Crippen LogP contribution >= 0.6 is 0 Å². The fourth-order valence-electron chi connectivity index (χ4n) is 4.62. The first kappa shape index (κ1) is 28.8. The molecule has 0 saturated carbocycles. The third-order valence-corrected chi connectivity index (χ3v) is 6.96. The lowest BCUT2D eigenvalue weighted by molar-refractivity contribution is -0.132. The van der Waals surface area contributed by atoms with Gasteiger partial charge in [0.2, 0.25) is 11.8 Å². The van der Waals surface area contributed by atoms with Crippen LogP contribution in [0.5, 0.6) is 5.75 Å². The molecule has 0 unspecified atom stereocenters. The number of carbonyl (C=O) groups excluding carboxylic acids is 3. The Morgan fingerprint density at radius 2 is 1.93 bits per heavy atom. The van der Waals surface area contributed by atoms with Crippen molar-refractivity contribution in [2.75, 3.05) is 19.7 Å². The minimum atomic E-state index is -0.734. The Kier molecular flexibility index (Phi) is 9.88. The lowest BCUT2D eigenvalue weighted by atomic mass is 9.97. The molecule has 2 atom stereocenters. The maximum absolute atomic E-state index is 13.4. The van der Waals surface area contributed by atoms with E-state index in [0.29, 0.717) is 69.1 Å². The van der Waals surface area contributed by atoms with Crippen LogP contribution in [0.1, 0.15) is 66.2 Å². The summed E-state index contributed by atoms with van der Waals surface area (Å²) in [6.45, 7) is 7.73. The van der Waals surface area contributed by atoms with Crippen molar-refractivity contribution < 1.29 is 19.1 Å². The van der Waals surface area contributed by atoms with Gasteiger partial charge in [0.05, 0.1) is 24.9 Å². The van der Waals surface area contributed by atoms with Gasteiger partial charge in [-0.15, -0.1) is 5.10 Å². The summed E-state index contributed by atoms with van der Waals surface area (Å²) < 4.78 is 7.70. The second-order valence-corrected chi connectivity index (χ2v) is 10.3. The maximum Gasteiger partial charge on any atom is 0.255 e. The van der Waals surface area contributed by atoms with Crippen LogP contribution in [0.3, 0.4) is 0 Å². The summed E-state index contributed by atoms with van der Waals surface area (Å²) >= 11 is 0. The molecule has 0 fully saturated rings. The molecule has 2 heterocycles. The topological polar surface area (TPSA) is 118 Å². The zero-order chi connectivity index (χ0) is 28.5. The molecule has 1 aliphatic rings. The van der Waals surface area contributed by atoms with E-state index in [1.165, 1.54) is 0 Å². The summed E-state index contributed by atoms with van der Waals surface area (Å²) in [7, 11) is 0. The molecule has 2 bridgehead atoms. The monoisotopic (exact) mass is 546 g/mol. The van der Waals surface area contributed by atoms with Crippen molar-refractivity contribution in [3.8, 4) is 5.75 Å². The fraction of sp³-hybridized carbons (Fsp3) is 0.433. The van der Waals surface area contributed by atoms with Gasteiger partial charge in [0, 0.05) is 32.5 Å². The first-order chi connectivity index (χ1) is 19.3. The van der Waals surface area contributed by atoms with Crippen LogP contribution in [0.15, 0.2) is 54.7 Å². The first-order valence-corrected chi connectivity index (χ1v) is 13.8. The average Bonchev–Trinajstić information content (AvgIpc) is 3.39. The van der Waals surface area contributed by atoms with Crippen molar-refractivity contribution in [3.05, 3.63) is 77.1 Å². The maximum atomic E-state index is 13.4. The Bertz CT molecular complexity index is 1310. The van der Waals surface area contributed by atoms with Crippen LogP contribution < -0.4 is 15.4 Å². The molecule has 40 heavy (non-hydrogen) atoms. The van der Waals surface area contributed by atoms with Crippen molar-refractivity contribution in [1.82, 2.24) is 30.5 Å². The molecule has 4 rings (SSSR count). The Labute approximate surface area is 235 Å². The quantitative estimate of drug-likeness (QED) is 0.521. The van der Waals surface area contributed by atoms with Gasteiger partial charge >= 0.3 is 0 Å². The zero-order valence-corrected chi connectivity index (χ0v) is 23.4. The Balaban J connectivity index is 1.48. The highest BCUT2D eigenvalue weighted by Gasteiger charge is 2.22. The Morgan fingerprint density at radius 3 is 2.73 bits per heavy atom. The highest BCUT2D eigenvalue weighted by Crippen LogP contribution is 2.22. The van der Waals surface area contributed by atoms with Crippen LogP contribution in [-0.4, -0.2) is 63.4 Å². The summed E-state index contributed by atoms with van der Waals surface area (Å²) in [5.41, 5.74) is 3.16. The van der Waals surface area contributed by atoms with Crippen molar-refractivity contribution in [2.24, 2.45) is 0 Å². The standard InChI is InChI=1S/C30H38N6O4/c1-21-11-12-26-27(17-21)40-16-8-15-36-20-25(33-34-36)19-35(14-7-13-31-29(38)23(3)32-30(26)39)28(37)18-22(2)24-9-5-4-6-10-24/h4-6,9-12,17,20,22-23H,7-8,13-16,18-19H2,1-3H3,(H,31,38)(H,32,39)/t22-,23-/m1/s1. The summed E-state index contributed by atoms with van der Waals surface area (Å²) in [5, 5.41) is 14.2. The van der Waals surface area contributed by atoms with Crippen LogP contribution in [-0.2, 0) is 22.7 Å². The molecule has 0 aliphatic carbocycles. The second kappa shape index (κ2) is 13.7. The van der Waals surface area contributed by atoms with E-state index in [2.05, 4.69) is 20.9 Å². The number of ether oxygens (including phenoxy) is 1. The number of hydrogen-bond acceptors (Lipinski definition) is 6. The molecular weight excluding hydrogens is 508 g/mol. The molecule has 0 saturated heterocycles. The second-order valence-electron chi connectivity index (χ2n) is 10.3. The number of carbonyl (C=O) groups is 3. The van der Waals surface area contributed by atoms with E-state index in [9.17, 15) is 14.4 Å².